The van der Waals surface area contributed by atoms with Gasteiger partial charge in [0.2, 0.25) is 0 Å². The van der Waals surface area contributed by atoms with Crippen molar-refractivity contribution in [3.63, 3.8) is 0 Å². The first kappa shape index (κ1) is 48.4. The Hall–Kier alpha value is -4.58. The maximum atomic E-state index is 12.4. The lowest BCUT2D eigenvalue weighted by molar-refractivity contribution is 0.204. The number of rotatable bonds is 6. The van der Waals surface area contributed by atoms with Crippen LogP contribution in [0.3, 0.4) is 0 Å². The second-order valence-electron chi connectivity index (χ2n) is 21.7. The zero-order valence-electron chi connectivity index (χ0n) is 40.5. The van der Waals surface area contributed by atoms with Crippen LogP contribution in [-0.2, 0) is 29.1 Å². The number of hydrogen-bond donors (Lipinski definition) is 0. The second kappa shape index (κ2) is 20.5. The van der Waals surface area contributed by atoms with Gasteiger partial charge >= 0.3 is 0 Å². The van der Waals surface area contributed by atoms with Gasteiger partial charge in [-0.2, -0.15) is 0 Å². The summed E-state index contributed by atoms with van der Waals surface area (Å²) in [5.41, 5.74) is 12.7. The van der Waals surface area contributed by atoms with Gasteiger partial charge in [-0.1, -0.05) is 190 Å². The van der Waals surface area contributed by atoms with Gasteiger partial charge < -0.3 is 4.74 Å². The molecular weight excluding hydrogens is 833 g/mol. The SMILES string of the molecule is CC(C)(C)C1CCOc2ccc(Cc3ccccc3)cc21.CC(C)(C)C1CCS(=O)(=O)c2ccc(Cc3ccccc3)cc21.CC(C)(C)C1CCSc2ccc(Cc3ccccc3)cc21. The third kappa shape index (κ3) is 12.7. The van der Waals surface area contributed by atoms with Crippen molar-refractivity contribution in [3.05, 3.63) is 196 Å². The lowest BCUT2D eigenvalue weighted by Crippen LogP contribution is -2.28. The van der Waals surface area contributed by atoms with Crippen molar-refractivity contribution >= 4 is 21.6 Å². The summed E-state index contributed by atoms with van der Waals surface area (Å²) in [5, 5.41) is 0. The van der Waals surface area contributed by atoms with Crippen LogP contribution in [0.15, 0.2) is 155 Å². The number of sulfone groups is 1. The smallest absolute Gasteiger partial charge is 0.178 e. The van der Waals surface area contributed by atoms with Gasteiger partial charge in [-0.3, -0.25) is 0 Å². The molecule has 0 aromatic heterocycles. The molecule has 3 nitrogen and oxygen atoms in total. The molecule has 3 aliphatic heterocycles. The summed E-state index contributed by atoms with van der Waals surface area (Å²) in [7, 11) is -3.12. The minimum Gasteiger partial charge on any atom is -0.493 e. The number of benzene rings is 6. The molecule has 0 bridgehead atoms. The van der Waals surface area contributed by atoms with Crippen LogP contribution in [0.1, 0.15) is 149 Å². The average molecular weight is 905 g/mol. The van der Waals surface area contributed by atoms with Crippen molar-refractivity contribution in [2.45, 2.75) is 128 Å². The van der Waals surface area contributed by atoms with E-state index in [9.17, 15) is 8.42 Å². The van der Waals surface area contributed by atoms with Gasteiger partial charge in [-0.05, 0) is 147 Å². The fraction of sp³-hybridized carbons (Fsp3) is 0.400. The Labute approximate surface area is 396 Å². The van der Waals surface area contributed by atoms with Crippen LogP contribution >= 0.6 is 11.8 Å². The normalized spacial score (nSPS) is 18.8. The van der Waals surface area contributed by atoms with Crippen LogP contribution in [0.4, 0.5) is 0 Å². The summed E-state index contributed by atoms with van der Waals surface area (Å²) in [6.45, 7) is 21.6. The molecule has 0 amide bonds. The molecule has 3 unspecified atom stereocenters. The van der Waals surface area contributed by atoms with Gasteiger partial charge in [0.1, 0.15) is 5.75 Å². The van der Waals surface area contributed by atoms with E-state index in [0.717, 1.165) is 43.6 Å². The zero-order chi connectivity index (χ0) is 46.4. The molecule has 342 valence electrons. The van der Waals surface area contributed by atoms with Crippen LogP contribution < -0.4 is 4.74 Å². The standard InChI is InChI=1S/C20H24O2S.C20H24O.C20H24S/c1-20(2,3)18-11-12-23(21,22)19-10-9-16(14-17(18)19)13-15-7-5-4-6-8-15;2*1-20(2,3)18-11-12-21-19-10-9-16(14-17(18)19)13-15-7-5-4-6-8-15/h4-10,14,18H,11-13H2,1-3H3;2*4-10,14,18H,11-13H2,1-3H3. The Kier molecular flexibility index (Phi) is 15.3. The van der Waals surface area contributed by atoms with Crippen LogP contribution in [0.2, 0.25) is 0 Å². The van der Waals surface area contributed by atoms with E-state index in [1.165, 1.54) is 56.0 Å². The number of hydrogen-bond acceptors (Lipinski definition) is 4. The molecule has 6 aromatic rings. The summed E-state index contributed by atoms with van der Waals surface area (Å²) < 4.78 is 30.7. The van der Waals surface area contributed by atoms with Crippen molar-refractivity contribution in [3.8, 4) is 5.75 Å². The number of ether oxygens (including phenoxy) is 1. The molecule has 5 heteroatoms. The fourth-order valence-corrected chi connectivity index (χ4v) is 12.8. The molecule has 0 saturated carbocycles. The predicted molar refractivity (Wildman–Crippen MR) is 276 cm³/mol. The van der Waals surface area contributed by atoms with E-state index in [-0.39, 0.29) is 22.5 Å². The fourth-order valence-electron chi connectivity index (χ4n) is 10.1. The zero-order valence-corrected chi connectivity index (χ0v) is 42.1. The van der Waals surface area contributed by atoms with E-state index >= 15 is 0 Å². The first-order chi connectivity index (χ1) is 30.8. The van der Waals surface area contributed by atoms with Crippen molar-refractivity contribution in [2.75, 3.05) is 18.1 Å². The highest BCUT2D eigenvalue weighted by Crippen LogP contribution is 2.48. The van der Waals surface area contributed by atoms with Crippen LogP contribution in [0.25, 0.3) is 0 Å². The van der Waals surface area contributed by atoms with Gasteiger partial charge in [0.15, 0.2) is 9.84 Å². The van der Waals surface area contributed by atoms with Gasteiger partial charge in [-0.15, -0.1) is 11.8 Å². The van der Waals surface area contributed by atoms with Crippen molar-refractivity contribution in [2.24, 2.45) is 16.2 Å². The van der Waals surface area contributed by atoms with E-state index in [4.69, 9.17) is 4.74 Å². The molecular formula is C60H72O3S2. The maximum absolute atomic E-state index is 12.4. The van der Waals surface area contributed by atoms with Crippen LogP contribution in [-0.4, -0.2) is 26.5 Å². The Balaban J connectivity index is 0.000000146. The molecule has 65 heavy (non-hydrogen) atoms. The maximum Gasteiger partial charge on any atom is 0.178 e. The lowest BCUT2D eigenvalue weighted by Gasteiger charge is -2.36. The number of thioether (sulfide) groups is 1. The minimum absolute atomic E-state index is 0.0655. The van der Waals surface area contributed by atoms with E-state index in [1.54, 1.807) is 5.56 Å². The van der Waals surface area contributed by atoms with E-state index in [0.29, 0.717) is 28.6 Å². The van der Waals surface area contributed by atoms with E-state index < -0.39 is 9.84 Å². The summed E-state index contributed by atoms with van der Waals surface area (Å²) in [4.78, 5) is 2.04. The van der Waals surface area contributed by atoms with E-state index in [1.807, 2.05) is 42.1 Å². The minimum atomic E-state index is -3.12. The summed E-state index contributed by atoms with van der Waals surface area (Å²) in [6.07, 6.45) is 6.00. The van der Waals surface area contributed by atoms with Gasteiger partial charge in [0.05, 0.1) is 17.3 Å². The van der Waals surface area contributed by atoms with Gasteiger partial charge in [-0.25, -0.2) is 8.42 Å². The molecule has 3 aliphatic rings. The Morgan fingerprint density at radius 2 is 0.908 bits per heavy atom. The third-order valence-electron chi connectivity index (χ3n) is 13.6. The predicted octanol–water partition coefficient (Wildman–Crippen LogP) is 15.7. The molecule has 3 heterocycles. The summed E-state index contributed by atoms with van der Waals surface area (Å²) in [5.74, 6) is 4.16. The molecule has 0 fully saturated rings. The Morgan fingerprint density at radius 1 is 0.477 bits per heavy atom. The van der Waals surface area contributed by atoms with Gasteiger partial charge in [0.25, 0.3) is 0 Å². The lowest BCUT2D eigenvalue weighted by atomic mass is 9.73. The Morgan fingerprint density at radius 3 is 1.42 bits per heavy atom. The highest BCUT2D eigenvalue weighted by Gasteiger charge is 2.37. The van der Waals surface area contributed by atoms with Gasteiger partial charge in [0, 0.05) is 4.90 Å². The number of fused-ring (bicyclic) bond motifs is 3. The summed E-state index contributed by atoms with van der Waals surface area (Å²) in [6, 6.07) is 51.5. The monoisotopic (exact) mass is 904 g/mol. The van der Waals surface area contributed by atoms with E-state index in [2.05, 4.69) is 178 Å². The molecule has 9 rings (SSSR count). The molecule has 0 aliphatic carbocycles. The molecule has 6 aromatic carbocycles. The molecule has 0 spiro atoms. The first-order valence-corrected chi connectivity index (χ1v) is 26.5. The quantitative estimate of drug-likeness (QED) is 0.167. The largest absolute Gasteiger partial charge is 0.493 e. The molecule has 3 atom stereocenters. The highest BCUT2D eigenvalue weighted by atomic mass is 32.2. The van der Waals surface area contributed by atoms with Crippen LogP contribution in [0, 0.1) is 16.2 Å². The molecule has 0 radical (unpaired) electrons. The third-order valence-corrected chi connectivity index (χ3v) is 16.5. The van der Waals surface area contributed by atoms with Crippen molar-refractivity contribution in [1.82, 2.24) is 0 Å². The van der Waals surface area contributed by atoms with Crippen molar-refractivity contribution < 1.29 is 13.2 Å². The highest BCUT2D eigenvalue weighted by molar-refractivity contribution is 7.99. The topological polar surface area (TPSA) is 43.4 Å². The van der Waals surface area contributed by atoms with Crippen LogP contribution in [0.5, 0.6) is 5.75 Å². The second-order valence-corrected chi connectivity index (χ2v) is 25.0. The molecule has 0 saturated heterocycles. The first-order valence-electron chi connectivity index (χ1n) is 23.8. The summed E-state index contributed by atoms with van der Waals surface area (Å²) >= 11 is 2.02. The average Bonchev–Trinajstić information content (AvgIpc) is 3.26. The Bertz CT molecular complexity index is 2480. The molecule has 0 N–H and O–H groups in total. The van der Waals surface area contributed by atoms with Crippen molar-refractivity contribution in [1.29, 1.82) is 0 Å².